The van der Waals surface area contributed by atoms with Crippen LogP contribution in [0, 0.1) is 5.92 Å². The standard InChI is InChI=1S/C19H18O7/c20-14(4-1-11-2-5-15(21)17(23)8-11)10-13(19(25)26)7-12-3-6-16(22)18(24)9-12/h1-6,8-9,13,21-24H,7,10H2,(H,25,26). The molecule has 1 unspecified atom stereocenters. The van der Waals surface area contributed by atoms with Crippen molar-refractivity contribution in [3.63, 3.8) is 0 Å². The first-order valence-electron chi connectivity index (χ1n) is 7.73. The van der Waals surface area contributed by atoms with Crippen LogP contribution in [0.5, 0.6) is 23.0 Å². The number of carboxylic acid groups (broad SMARTS) is 1. The lowest BCUT2D eigenvalue weighted by atomic mass is 9.94. The average molecular weight is 358 g/mol. The summed E-state index contributed by atoms with van der Waals surface area (Å²) in [6.45, 7) is 0. The third-order valence-electron chi connectivity index (χ3n) is 3.78. The molecule has 0 amide bonds. The number of carboxylic acids is 1. The third kappa shape index (κ3) is 5.01. The van der Waals surface area contributed by atoms with Gasteiger partial charge in [0.1, 0.15) is 0 Å². The Morgan fingerprint density at radius 2 is 1.50 bits per heavy atom. The summed E-state index contributed by atoms with van der Waals surface area (Å²) in [6.07, 6.45) is 2.38. The molecule has 0 spiro atoms. The van der Waals surface area contributed by atoms with Gasteiger partial charge in [0.15, 0.2) is 28.8 Å². The van der Waals surface area contributed by atoms with E-state index in [0.717, 1.165) is 0 Å². The van der Waals surface area contributed by atoms with Crippen LogP contribution < -0.4 is 0 Å². The van der Waals surface area contributed by atoms with Gasteiger partial charge in [-0.05, 0) is 47.9 Å². The van der Waals surface area contributed by atoms with Gasteiger partial charge >= 0.3 is 5.97 Å². The van der Waals surface area contributed by atoms with Crippen molar-refractivity contribution in [2.24, 2.45) is 5.92 Å². The number of ketones is 1. The molecular formula is C19H18O7. The van der Waals surface area contributed by atoms with Crippen LogP contribution in [0.4, 0.5) is 0 Å². The molecule has 7 heteroatoms. The Labute approximate surface area is 149 Å². The van der Waals surface area contributed by atoms with Crippen molar-refractivity contribution in [3.8, 4) is 23.0 Å². The zero-order chi connectivity index (χ0) is 19.3. The molecule has 136 valence electrons. The van der Waals surface area contributed by atoms with E-state index in [4.69, 9.17) is 0 Å². The molecule has 2 aromatic carbocycles. The molecule has 0 saturated heterocycles. The maximum absolute atomic E-state index is 12.0. The van der Waals surface area contributed by atoms with Crippen LogP contribution in [0.1, 0.15) is 17.5 Å². The van der Waals surface area contributed by atoms with E-state index in [1.807, 2.05) is 0 Å². The zero-order valence-electron chi connectivity index (χ0n) is 13.7. The smallest absolute Gasteiger partial charge is 0.307 e. The number of carbonyl (C=O) groups excluding carboxylic acids is 1. The molecular weight excluding hydrogens is 340 g/mol. The van der Waals surface area contributed by atoms with E-state index in [1.54, 1.807) is 0 Å². The fourth-order valence-electron chi connectivity index (χ4n) is 2.37. The number of aromatic hydroxyl groups is 4. The van der Waals surface area contributed by atoms with Gasteiger partial charge in [0.2, 0.25) is 0 Å². The molecule has 26 heavy (non-hydrogen) atoms. The number of rotatable bonds is 7. The molecule has 2 aromatic rings. The Morgan fingerprint density at radius 1 is 0.885 bits per heavy atom. The van der Waals surface area contributed by atoms with E-state index in [2.05, 4.69) is 0 Å². The predicted molar refractivity (Wildman–Crippen MR) is 93.0 cm³/mol. The van der Waals surface area contributed by atoms with Crippen molar-refractivity contribution in [3.05, 3.63) is 53.6 Å². The minimum absolute atomic E-state index is 0.0166. The van der Waals surface area contributed by atoms with Gasteiger partial charge in [0.05, 0.1) is 5.92 Å². The molecule has 0 fully saturated rings. The highest BCUT2D eigenvalue weighted by Gasteiger charge is 2.21. The molecule has 0 saturated carbocycles. The second-order valence-corrected chi connectivity index (χ2v) is 5.81. The van der Waals surface area contributed by atoms with E-state index >= 15 is 0 Å². The summed E-state index contributed by atoms with van der Waals surface area (Å²) in [5.41, 5.74) is 0.955. The van der Waals surface area contributed by atoms with Gasteiger partial charge in [-0.15, -0.1) is 0 Å². The fourth-order valence-corrected chi connectivity index (χ4v) is 2.37. The minimum atomic E-state index is -1.15. The van der Waals surface area contributed by atoms with Crippen molar-refractivity contribution in [1.29, 1.82) is 0 Å². The van der Waals surface area contributed by atoms with Crippen molar-refractivity contribution in [1.82, 2.24) is 0 Å². The Morgan fingerprint density at radius 3 is 2.08 bits per heavy atom. The molecule has 5 N–H and O–H groups in total. The van der Waals surface area contributed by atoms with Gasteiger partial charge in [0, 0.05) is 6.42 Å². The molecule has 1 atom stereocenters. The van der Waals surface area contributed by atoms with Crippen molar-refractivity contribution < 1.29 is 35.1 Å². The molecule has 0 bridgehead atoms. The summed E-state index contributed by atoms with van der Waals surface area (Å²) >= 11 is 0. The SMILES string of the molecule is O=C(C=Cc1ccc(O)c(O)c1)CC(Cc1ccc(O)c(O)c1)C(=O)O. The monoisotopic (exact) mass is 358 g/mol. The number of allylic oxidation sites excluding steroid dienone is 1. The number of phenolic OH excluding ortho intramolecular Hbond substituents is 4. The first-order chi connectivity index (χ1) is 12.3. The second-order valence-electron chi connectivity index (χ2n) is 5.81. The van der Waals surface area contributed by atoms with Gasteiger partial charge < -0.3 is 25.5 Å². The van der Waals surface area contributed by atoms with Crippen LogP contribution in [-0.2, 0) is 16.0 Å². The van der Waals surface area contributed by atoms with Gasteiger partial charge in [-0.1, -0.05) is 18.2 Å². The van der Waals surface area contributed by atoms with E-state index < -0.39 is 17.7 Å². The molecule has 0 aromatic heterocycles. The topological polar surface area (TPSA) is 135 Å². The van der Waals surface area contributed by atoms with E-state index in [1.165, 1.54) is 48.6 Å². The van der Waals surface area contributed by atoms with Gasteiger partial charge in [0.25, 0.3) is 0 Å². The van der Waals surface area contributed by atoms with Crippen LogP contribution in [-0.4, -0.2) is 37.3 Å². The quantitative estimate of drug-likeness (QED) is 0.379. The first-order valence-corrected chi connectivity index (χ1v) is 7.73. The summed E-state index contributed by atoms with van der Waals surface area (Å²) in [6, 6.07) is 8.02. The lowest BCUT2D eigenvalue weighted by Gasteiger charge is -2.11. The Balaban J connectivity index is 2.05. The number of aliphatic carboxylic acids is 1. The van der Waals surface area contributed by atoms with Gasteiger partial charge in [-0.3, -0.25) is 9.59 Å². The van der Waals surface area contributed by atoms with Gasteiger partial charge in [-0.2, -0.15) is 0 Å². The average Bonchev–Trinajstić information content (AvgIpc) is 2.58. The van der Waals surface area contributed by atoms with Crippen LogP contribution >= 0.6 is 0 Å². The molecule has 0 aliphatic rings. The van der Waals surface area contributed by atoms with E-state index in [9.17, 15) is 35.1 Å². The molecule has 7 nitrogen and oxygen atoms in total. The molecule has 0 aliphatic heterocycles. The summed E-state index contributed by atoms with van der Waals surface area (Å²) in [5.74, 6) is -3.84. The van der Waals surface area contributed by atoms with Crippen molar-refractivity contribution in [2.75, 3.05) is 0 Å². The predicted octanol–water partition coefficient (Wildman–Crippen LogP) is 2.42. The lowest BCUT2D eigenvalue weighted by Crippen LogP contribution is -2.19. The summed E-state index contributed by atoms with van der Waals surface area (Å²) in [7, 11) is 0. The maximum Gasteiger partial charge on any atom is 0.307 e. The molecule has 0 radical (unpaired) electrons. The summed E-state index contributed by atoms with van der Waals surface area (Å²) in [4.78, 5) is 23.4. The Bertz CT molecular complexity index is 855. The van der Waals surface area contributed by atoms with E-state index in [0.29, 0.717) is 11.1 Å². The van der Waals surface area contributed by atoms with Crippen molar-refractivity contribution >= 4 is 17.8 Å². The highest BCUT2D eigenvalue weighted by molar-refractivity contribution is 5.95. The van der Waals surface area contributed by atoms with Crippen LogP contribution in [0.15, 0.2) is 42.5 Å². The Kier molecular flexibility index (Phi) is 5.85. The zero-order valence-corrected chi connectivity index (χ0v) is 13.7. The van der Waals surface area contributed by atoms with Crippen LogP contribution in [0.25, 0.3) is 6.08 Å². The lowest BCUT2D eigenvalue weighted by molar-refractivity contribution is -0.143. The first kappa shape index (κ1) is 18.9. The second kappa shape index (κ2) is 8.06. The number of hydrogen-bond donors (Lipinski definition) is 5. The minimum Gasteiger partial charge on any atom is -0.504 e. The number of carbonyl (C=O) groups is 2. The van der Waals surface area contributed by atoms with Crippen LogP contribution in [0.2, 0.25) is 0 Å². The number of benzene rings is 2. The van der Waals surface area contributed by atoms with Crippen LogP contribution in [0.3, 0.4) is 0 Å². The molecule has 0 aliphatic carbocycles. The number of phenols is 4. The normalized spacial score (nSPS) is 12.2. The Hall–Kier alpha value is -3.48. The largest absolute Gasteiger partial charge is 0.504 e. The highest BCUT2D eigenvalue weighted by atomic mass is 16.4. The maximum atomic E-state index is 12.0. The molecule has 2 rings (SSSR count). The van der Waals surface area contributed by atoms with Crippen molar-refractivity contribution in [2.45, 2.75) is 12.8 Å². The third-order valence-corrected chi connectivity index (χ3v) is 3.78. The summed E-state index contributed by atoms with van der Waals surface area (Å²) < 4.78 is 0. The summed E-state index contributed by atoms with van der Waals surface area (Å²) in [5, 5.41) is 46.7. The fraction of sp³-hybridized carbons (Fsp3) is 0.158. The van der Waals surface area contributed by atoms with Gasteiger partial charge in [-0.25, -0.2) is 0 Å². The van der Waals surface area contributed by atoms with E-state index in [-0.39, 0.29) is 35.8 Å². The number of hydrogen-bond acceptors (Lipinski definition) is 6. The molecule has 0 heterocycles. The highest BCUT2D eigenvalue weighted by Crippen LogP contribution is 2.27.